The van der Waals surface area contributed by atoms with Crippen molar-refractivity contribution in [3.8, 4) is 0 Å². The lowest BCUT2D eigenvalue weighted by atomic mass is 9.77. The van der Waals surface area contributed by atoms with E-state index in [9.17, 15) is 13.2 Å². The number of rotatable bonds is 6. The fourth-order valence-electron chi connectivity index (χ4n) is 4.41. The first-order chi connectivity index (χ1) is 16.6. The van der Waals surface area contributed by atoms with E-state index in [0.29, 0.717) is 5.69 Å². The summed E-state index contributed by atoms with van der Waals surface area (Å²) in [6.45, 7) is 14.2. The van der Waals surface area contributed by atoms with Gasteiger partial charge in [-0.15, -0.1) is 0 Å². The first-order valence-corrected chi connectivity index (χ1v) is 13.3. The van der Waals surface area contributed by atoms with Gasteiger partial charge in [-0.3, -0.25) is 0 Å². The highest BCUT2D eigenvalue weighted by atomic mass is 32.2. The lowest BCUT2D eigenvalue weighted by molar-refractivity contribution is 0.212. The molecule has 0 saturated heterocycles. The molecule has 192 valence electrons. The molecular formula is C29H36N2O4S. The van der Waals surface area contributed by atoms with Gasteiger partial charge in [-0.05, 0) is 40.0 Å². The molecule has 3 aromatic carbocycles. The highest BCUT2D eigenvalue weighted by molar-refractivity contribution is 7.88. The summed E-state index contributed by atoms with van der Waals surface area (Å²) in [6.07, 6.45) is -1.39. The van der Waals surface area contributed by atoms with Crippen LogP contribution in [0.2, 0.25) is 0 Å². The van der Waals surface area contributed by atoms with Crippen LogP contribution in [0, 0.1) is 6.92 Å². The summed E-state index contributed by atoms with van der Waals surface area (Å²) in [7, 11) is -4.69. The van der Waals surface area contributed by atoms with Crippen LogP contribution in [0.25, 0.3) is 0 Å². The third-order valence-corrected chi connectivity index (χ3v) is 7.23. The summed E-state index contributed by atoms with van der Waals surface area (Å²) in [5.41, 5.74) is 9.00. The van der Waals surface area contributed by atoms with E-state index in [1.807, 2.05) is 121 Å². The Hall–Kier alpha value is -3.32. The molecule has 7 heteroatoms. The molecule has 0 radical (unpaired) electrons. The van der Waals surface area contributed by atoms with Gasteiger partial charge in [-0.2, -0.15) is 8.42 Å². The Morgan fingerprint density at radius 2 is 1.19 bits per heavy atom. The zero-order valence-corrected chi connectivity index (χ0v) is 22.9. The minimum absolute atomic E-state index is 0.431. The average Bonchev–Trinajstić information content (AvgIpc) is 2.76. The normalized spacial score (nSPS) is 12.4. The standard InChI is InChI=1S/C29H36N2O4S/c1-20-18-23(28(2,3)4)26(24(19-20)29(5,6)7)31(36(33,34)35-27(30)32)25(21-14-10-8-11-15-21)22-16-12-9-13-17-22/h8-19,25H,1-7H3,(H2,30,32). The molecule has 3 aromatic rings. The van der Waals surface area contributed by atoms with Crippen molar-refractivity contribution in [1.29, 1.82) is 0 Å². The van der Waals surface area contributed by atoms with Crippen molar-refractivity contribution in [2.45, 2.75) is 65.3 Å². The molecule has 0 aliphatic rings. The van der Waals surface area contributed by atoms with Crippen molar-refractivity contribution in [2.24, 2.45) is 5.73 Å². The smallest absolute Gasteiger partial charge is 0.334 e. The van der Waals surface area contributed by atoms with Gasteiger partial charge in [0.1, 0.15) is 0 Å². The van der Waals surface area contributed by atoms with E-state index in [4.69, 9.17) is 9.92 Å². The largest absolute Gasteiger partial charge is 0.421 e. The molecule has 0 unspecified atom stereocenters. The van der Waals surface area contributed by atoms with Crippen molar-refractivity contribution in [3.05, 3.63) is 101 Å². The molecule has 0 aliphatic heterocycles. The molecule has 0 atom stereocenters. The highest BCUT2D eigenvalue weighted by Gasteiger charge is 2.41. The second-order valence-electron chi connectivity index (χ2n) is 11.1. The van der Waals surface area contributed by atoms with Crippen LogP contribution in [0.1, 0.15) is 75.4 Å². The molecule has 1 amide bonds. The summed E-state index contributed by atoms with van der Waals surface area (Å²) >= 11 is 0. The number of benzene rings is 3. The fourth-order valence-corrected chi connectivity index (χ4v) is 5.62. The van der Waals surface area contributed by atoms with E-state index in [1.165, 1.54) is 4.31 Å². The molecule has 0 heterocycles. The van der Waals surface area contributed by atoms with Crippen molar-refractivity contribution in [1.82, 2.24) is 0 Å². The minimum Gasteiger partial charge on any atom is -0.334 e. The Morgan fingerprint density at radius 3 is 1.53 bits per heavy atom. The molecule has 0 bridgehead atoms. The maximum Gasteiger partial charge on any atom is 0.421 e. The van der Waals surface area contributed by atoms with Crippen molar-refractivity contribution >= 4 is 22.1 Å². The number of carbonyl (C=O) groups is 1. The minimum atomic E-state index is -4.69. The van der Waals surface area contributed by atoms with Gasteiger partial charge in [0.15, 0.2) is 0 Å². The molecule has 2 N–H and O–H groups in total. The third-order valence-electron chi connectivity index (χ3n) is 5.98. The van der Waals surface area contributed by atoms with Crippen molar-refractivity contribution in [3.63, 3.8) is 0 Å². The monoisotopic (exact) mass is 508 g/mol. The molecule has 0 fully saturated rings. The summed E-state index contributed by atoms with van der Waals surface area (Å²) in [6, 6.07) is 21.8. The molecule has 0 spiro atoms. The fraction of sp³-hybridized carbons (Fsp3) is 0.345. The van der Waals surface area contributed by atoms with Gasteiger partial charge in [0.05, 0.1) is 11.7 Å². The van der Waals surface area contributed by atoms with Gasteiger partial charge in [0, 0.05) is 0 Å². The Labute approximate surface area is 215 Å². The molecule has 36 heavy (non-hydrogen) atoms. The summed E-state index contributed by atoms with van der Waals surface area (Å²) in [4.78, 5) is 11.9. The van der Waals surface area contributed by atoms with E-state index in [-0.39, 0.29) is 0 Å². The van der Waals surface area contributed by atoms with Crippen LogP contribution in [0.15, 0.2) is 72.8 Å². The summed E-state index contributed by atoms with van der Waals surface area (Å²) in [5.74, 6) is 0. The van der Waals surface area contributed by atoms with E-state index in [1.54, 1.807) is 0 Å². The van der Waals surface area contributed by atoms with Crippen LogP contribution < -0.4 is 10.0 Å². The Bertz CT molecular complexity index is 1250. The molecule has 6 nitrogen and oxygen atoms in total. The molecule has 0 aromatic heterocycles. The van der Waals surface area contributed by atoms with E-state index >= 15 is 0 Å². The Kier molecular flexibility index (Phi) is 7.55. The molecule has 0 aliphatic carbocycles. The van der Waals surface area contributed by atoms with Crippen LogP contribution in [0.4, 0.5) is 10.5 Å². The van der Waals surface area contributed by atoms with Crippen LogP contribution >= 0.6 is 0 Å². The summed E-state index contributed by atoms with van der Waals surface area (Å²) < 4.78 is 34.1. The highest BCUT2D eigenvalue weighted by Crippen LogP contribution is 2.46. The van der Waals surface area contributed by atoms with Gasteiger partial charge in [0.25, 0.3) is 0 Å². The van der Waals surface area contributed by atoms with Crippen LogP contribution in [-0.2, 0) is 25.3 Å². The van der Waals surface area contributed by atoms with Crippen LogP contribution in [0.5, 0.6) is 0 Å². The quantitative estimate of drug-likeness (QED) is 0.410. The van der Waals surface area contributed by atoms with Gasteiger partial charge >= 0.3 is 16.4 Å². The number of primary amides is 1. The second kappa shape index (κ2) is 9.97. The average molecular weight is 509 g/mol. The number of carbonyl (C=O) groups excluding carboxylic acids is 1. The maximum absolute atomic E-state index is 14.0. The van der Waals surface area contributed by atoms with Gasteiger partial charge in [-0.1, -0.05) is 120 Å². The molecular weight excluding hydrogens is 472 g/mol. The number of nitrogens with two attached hydrogens (primary N) is 1. The Morgan fingerprint density at radius 1 is 0.806 bits per heavy atom. The zero-order chi connectivity index (χ0) is 26.9. The molecule has 0 saturated carbocycles. The number of hydrogen-bond donors (Lipinski definition) is 1. The number of aryl methyl sites for hydroxylation is 1. The number of nitrogens with zero attached hydrogens (tertiary/aromatic N) is 1. The van der Waals surface area contributed by atoms with Crippen molar-refractivity contribution in [2.75, 3.05) is 4.31 Å². The van der Waals surface area contributed by atoms with Gasteiger partial charge in [-0.25, -0.2) is 9.10 Å². The van der Waals surface area contributed by atoms with E-state index in [2.05, 4.69) is 0 Å². The predicted octanol–water partition coefficient (Wildman–Crippen LogP) is 6.53. The van der Waals surface area contributed by atoms with Gasteiger partial charge in [0.2, 0.25) is 0 Å². The van der Waals surface area contributed by atoms with Crippen LogP contribution in [-0.4, -0.2) is 14.5 Å². The lowest BCUT2D eigenvalue weighted by Gasteiger charge is -2.39. The number of anilines is 1. The topological polar surface area (TPSA) is 89.7 Å². The Balaban J connectivity index is 2.56. The van der Waals surface area contributed by atoms with Crippen LogP contribution in [0.3, 0.4) is 0 Å². The van der Waals surface area contributed by atoms with Gasteiger partial charge < -0.3 is 9.92 Å². The predicted molar refractivity (Wildman–Crippen MR) is 145 cm³/mol. The third kappa shape index (κ3) is 5.90. The second-order valence-corrected chi connectivity index (χ2v) is 12.5. The zero-order valence-electron chi connectivity index (χ0n) is 22.1. The summed E-state index contributed by atoms with van der Waals surface area (Å²) in [5, 5.41) is 0. The van der Waals surface area contributed by atoms with E-state index in [0.717, 1.165) is 27.8 Å². The first kappa shape index (κ1) is 27.3. The van der Waals surface area contributed by atoms with E-state index < -0.39 is 33.3 Å². The first-order valence-electron chi connectivity index (χ1n) is 11.9. The molecule has 3 rings (SSSR count). The number of amides is 1. The van der Waals surface area contributed by atoms with Crippen molar-refractivity contribution < 1.29 is 17.4 Å². The number of hydrogen-bond acceptors (Lipinski definition) is 4. The lowest BCUT2D eigenvalue weighted by Crippen LogP contribution is -2.41. The SMILES string of the molecule is Cc1cc(C(C)(C)C)c(N(C(c2ccccc2)c2ccccc2)S(=O)(=O)OC(N)=O)c(C(C)(C)C)c1. The maximum atomic E-state index is 14.0.